The molecule has 0 fully saturated rings. The quantitative estimate of drug-likeness (QED) is 0.612. The van der Waals surface area contributed by atoms with Crippen LogP contribution in [0.3, 0.4) is 0 Å². The molecule has 24 heavy (non-hydrogen) atoms. The molecule has 0 saturated carbocycles. The number of hydrogen-bond acceptors (Lipinski definition) is 3. The van der Waals surface area contributed by atoms with Crippen molar-refractivity contribution in [2.45, 2.75) is 18.3 Å². The summed E-state index contributed by atoms with van der Waals surface area (Å²) in [6.07, 6.45) is -9.50. The topological polar surface area (TPSA) is 61.3 Å². The van der Waals surface area contributed by atoms with Gasteiger partial charge in [-0.2, -0.15) is 22.0 Å². The predicted molar refractivity (Wildman–Crippen MR) is 76.6 cm³/mol. The summed E-state index contributed by atoms with van der Waals surface area (Å²) < 4.78 is 81.3. The first-order valence-electron chi connectivity index (χ1n) is 6.54. The van der Waals surface area contributed by atoms with E-state index in [-0.39, 0.29) is 17.2 Å². The summed E-state index contributed by atoms with van der Waals surface area (Å²) in [7, 11) is 0. The SMILES string of the molecule is Nc1ccc(Oc2ccc(C(F)C(F)(F)C(F)(F)F)cc2)cc1N. The summed E-state index contributed by atoms with van der Waals surface area (Å²) in [5.41, 5.74) is 10.9. The number of alkyl halides is 6. The van der Waals surface area contributed by atoms with Gasteiger partial charge in [-0.05, 0) is 29.8 Å². The van der Waals surface area contributed by atoms with E-state index in [4.69, 9.17) is 16.2 Å². The fourth-order valence-electron chi connectivity index (χ4n) is 1.81. The van der Waals surface area contributed by atoms with Gasteiger partial charge in [0.1, 0.15) is 11.5 Å². The Morgan fingerprint density at radius 2 is 1.33 bits per heavy atom. The molecule has 9 heteroatoms. The Morgan fingerprint density at radius 1 is 0.792 bits per heavy atom. The molecule has 0 aliphatic rings. The second-order valence-electron chi connectivity index (χ2n) is 4.95. The molecule has 1 atom stereocenters. The lowest BCUT2D eigenvalue weighted by molar-refractivity contribution is -0.305. The molecule has 0 aliphatic heterocycles. The molecule has 0 heterocycles. The Hall–Kier alpha value is -2.58. The minimum Gasteiger partial charge on any atom is -0.457 e. The molecule has 2 aromatic rings. The van der Waals surface area contributed by atoms with Crippen LogP contribution in [-0.2, 0) is 0 Å². The second-order valence-corrected chi connectivity index (χ2v) is 4.95. The number of halogens is 6. The Balaban J connectivity index is 2.17. The van der Waals surface area contributed by atoms with Gasteiger partial charge in [0.05, 0.1) is 11.4 Å². The fraction of sp³-hybridized carbons (Fsp3) is 0.200. The smallest absolute Gasteiger partial charge is 0.456 e. The van der Waals surface area contributed by atoms with Gasteiger partial charge in [-0.3, -0.25) is 0 Å². The molecule has 0 amide bonds. The molecule has 130 valence electrons. The molecule has 2 rings (SSSR count). The van der Waals surface area contributed by atoms with E-state index < -0.39 is 23.8 Å². The number of anilines is 2. The van der Waals surface area contributed by atoms with Crippen LogP contribution in [0.25, 0.3) is 0 Å². The standard InChI is InChI=1S/C15H12F6N2O/c16-13(14(17,18)15(19,20)21)8-1-3-9(4-2-8)24-10-5-6-11(22)12(23)7-10/h1-7,13H,22-23H2. The highest BCUT2D eigenvalue weighted by Crippen LogP contribution is 2.46. The summed E-state index contributed by atoms with van der Waals surface area (Å²) >= 11 is 0. The lowest BCUT2D eigenvalue weighted by Crippen LogP contribution is -2.40. The number of hydrogen-bond donors (Lipinski definition) is 2. The van der Waals surface area contributed by atoms with E-state index in [1.165, 1.54) is 18.2 Å². The molecule has 0 spiro atoms. The first kappa shape index (κ1) is 17.8. The second kappa shape index (κ2) is 6.14. The molecule has 3 nitrogen and oxygen atoms in total. The van der Waals surface area contributed by atoms with E-state index in [0.717, 1.165) is 24.3 Å². The zero-order valence-electron chi connectivity index (χ0n) is 11.9. The van der Waals surface area contributed by atoms with Gasteiger partial charge in [-0.15, -0.1) is 0 Å². The van der Waals surface area contributed by atoms with Crippen molar-refractivity contribution >= 4 is 11.4 Å². The molecule has 4 N–H and O–H groups in total. The fourth-order valence-corrected chi connectivity index (χ4v) is 1.81. The Labute approximate surface area is 132 Å². The molecule has 0 aromatic heterocycles. The minimum atomic E-state index is -5.98. The minimum absolute atomic E-state index is 0.102. The molecule has 0 radical (unpaired) electrons. The maximum Gasteiger partial charge on any atom is 0.456 e. The van der Waals surface area contributed by atoms with Crippen LogP contribution in [-0.4, -0.2) is 12.1 Å². The van der Waals surface area contributed by atoms with Crippen molar-refractivity contribution in [3.63, 3.8) is 0 Å². The summed E-state index contributed by atoms with van der Waals surface area (Å²) in [5, 5.41) is 0. The molecule has 0 bridgehead atoms. The summed E-state index contributed by atoms with van der Waals surface area (Å²) in [6.45, 7) is 0. The average Bonchev–Trinajstić information content (AvgIpc) is 2.50. The van der Waals surface area contributed by atoms with Gasteiger partial charge in [0, 0.05) is 6.07 Å². The number of benzene rings is 2. The van der Waals surface area contributed by atoms with Crippen LogP contribution in [0.5, 0.6) is 11.5 Å². The third kappa shape index (κ3) is 3.50. The molecule has 1 unspecified atom stereocenters. The Morgan fingerprint density at radius 3 is 1.83 bits per heavy atom. The predicted octanol–water partition coefficient (Wildman–Crippen LogP) is 4.85. The van der Waals surface area contributed by atoms with Gasteiger partial charge < -0.3 is 16.2 Å². The van der Waals surface area contributed by atoms with Gasteiger partial charge in [0.25, 0.3) is 0 Å². The van der Waals surface area contributed by atoms with Crippen molar-refractivity contribution in [2.24, 2.45) is 0 Å². The summed E-state index contributed by atoms with van der Waals surface area (Å²) in [6, 6.07) is 8.08. The largest absolute Gasteiger partial charge is 0.457 e. The zero-order valence-corrected chi connectivity index (χ0v) is 11.9. The molecule has 0 aliphatic carbocycles. The zero-order chi connectivity index (χ0) is 18.1. The normalized spacial score (nSPS) is 13.6. The van der Waals surface area contributed by atoms with E-state index >= 15 is 0 Å². The number of ether oxygens (including phenoxy) is 1. The van der Waals surface area contributed by atoms with E-state index in [2.05, 4.69) is 0 Å². The summed E-state index contributed by atoms with van der Waals surface area (Å²) in [5.74, 6) is -5.11. The number of nitrogens with two attached hydrogens (primary N) is 2. The van der Waals surface area contributed by atoms with E-state index in [0.29, 0.717) is 5.69 Å². The third-order valence-corrected chi connectivity index (χ3v) is 3.16. The van der Waals surface area contributed by atoms with E-state index in [1.54, 1.807) is 0 Å². The van der Waals surface area contributed by atoms with Gasteiger partial charge in [0.2, 0.25) is 0 Å². The maximum absolute atomic E-state index is 13.5. The van der Waals surface area contributed by atoms with Crippen LogP contribution < -0.4 is 16.2 Å². The highest BCUT2D eigenvalue weighted by Gasteiger charge is 2.63. The number of rotatable bonds is 4. The molecular weight excluding hydrogens is 338 g/mol. The van der Waals surface area contributed by atoms with E-state index in [1.807, 2.05) is 0 Å². The molecule has 2 aromatic carbocycles. The van der Waals surface area contributed by atoms with Crippen molar-refractivity contribution in [1.29, 1.82) is 0 Å². The number of nitrogen functional groups attached to an aromatic ring is 2. The van der Waals surface area contributed by atoms with Crippen molar-refractivity contribution in [1.82, 2.24) is 0 Å². The van der Waals surface area contributed by atoms with Gasteiger partial charge in [-0.25, -0.2) is 4.39 Å². The van der Waals surface area contributed by atoms with Gasteiger partial charge in [-0.1, -0.05) is 12.1 Å². The van der Waals surface area contributed by atoms with Crippen LogP contribution in [0.15, 0.2) is 42.5 Å². The molecule has 0 saturated heterocycles. The lowest BCUT2D eigenvalue weighted by atomic mass is 10.0. The lowest BCUT2D eigenvalue weighted by Gasteiger charge is -2.23. The van der Waals surface area contributed by atoms with Crippen LogP contribution in [0.1, 0.15) is 11.7 Å². The average molecular weight is 350 g/mol. The summed E-state index contributed by atoms with van der Waals surface area (Å²) in [4.78, 5) is 0. The van der Waals surface area contributed by atoms with Gasteiger partial charge >= 0.3 is 12.1 Å². The monoisotopic (exact) mass is 350 g/mol. The van der Waals surface area contributed by atoms with Crippen LogP contribution >= 0.6 is 0 Å². The highest BCUT2D eigenvalue weighted by atomic mass is 19.4. The van der Waals surface area contributed by atoms with Gasteiger partial charge in [0.15, 0.2) is 6.17 Å². The Bertz CT molecular complexity index is 715. The maximum atomic E-state index is 13.5. The Kier molecular flexibility index (Phi) is 4.54. The van der Waals surface area contributed by atoms with Crippen LogP contribution in [0.4, 0.5) is 37.7 Å². The highest BCUT2D eigenvalue weighted by molar-refractivity contribution is 5.65. The first-order chi connectivity index (χ1) is 11.0. The first-order valence-corrected chi connectivity index (χ1v) is 6.54. The molecular formula is C15H12F6N2O. The van der Waals surface area contributed by atoms with Crippen molar-refractivity contribution < 1.29 is 31.1 Å². The van der Waals surface area contributed by atoms with Crippen LogP contribution in [0.2, 0.25) is 0 Å². The van der Waals surface area contributed by atoms with Crippen molar-refractivity contribution in [3.8, 4) is 11.5 Å². The van der Waals surface area contributed by atoms with Crippen molar-refractivity contribution in [3.05, 3.63) is 48.0 Å². The third-order valence-electron chi connectivity index (χ3n) is 3.16. The van der Waals surface area contributed by atoms with E-state index in [9.17, 15) is 26.3 Å². The van der Waals surface area contributed by atoms with Crippen molar-refractivity contribution in [2.75, 3.05) is 11.5 Å². The van der Waals surface area contributed by atoms with Crippen LogP contribution in [0, 0.1) is 0 Å².